The number of nitrogens with zero attached hydrogens (tertiary/aromatic N) is 6. The van der Waals surface area contributed by atoms with Crippen molar-refractivity contribution in [2.45, 2.75) is 25.6 Å². The molecule has 0 aliphatic carbocycles. The minimum Gasteiger partial charge on any atom is -0.467 e. The Hall–Kier alpha value is -4.97. The number of aryl methyl sites for hydroxylation is 1. The van der Waals surface area contributed by atoms with Crippen LogP contribution in [0.15, 0.2) is 41.3 Å². The average Bonchev–Trinajstić information content (AvgIpc) is 3.64. The summed E-state index contributed by atoms with van der Waals surface area (Å²) in [6.45, 7) is 2.93. The van der Waals surface area contributed by atoms with E-state index in [2.05, 4.69) is 9.97 Å². The van der Waals surface area contributed by atoms with Crippen LogP contribution in [0.5, 0.6) is 6.01 Å². The molecule has 1 unspecified atom stereocenters. The second-order valence-electron chi connectivity index (χ2n) is 10.8. The summed E-state index contributed by atoms with van der Waals surface area (Å²) in [5, 5.41) is 9.19. The van der Waals surface area contributed by atoms with Gasteiger partial charge in [-0.05, 0) is 43.2 Å². The normalized spacial score (nSPS) is 15.1. The molecule has 6 rings (SSSR count). The van der Waals surface area contributed by atoms with E-state index in [1.807, 2.05) is 11.0 Å². The Labute approximate surface area is 262 Å². The molecule has 0 bridgehead atoms. The van der Waals surface area contributed by atoms with E-state index in [9.17, 15) is 27.6 Å². The molecule has 2 N–H and O–H groups in total. The van der Waals surface area contributed by atoms with Gasteiger partial charge in [0.2, 0.25) is 0 Å². The molecule has 5 aromatic rings. The third-order valence-corrected chi connectivity index (χ3v) is 9.27. The molecule has 0 radical (unpaired) electrons. The van der Waals surface area contributed by atoms with Crippen LogP contribution in [0, 0.1) is 23.0 Å². The number of aromatic nitrogens is 3. The van der Waals surface area contributed by atoms with E-state index >= 15 is 4.39 Å². The molecule has 2 aromatic carbocycles. The Morgan fingerprint density at radius 2 is 2.00 bits per heavy atom. The summed E-state index contributed by atoms with van der Waals surface area (Å²) in [4.78, 5) is 24.9. The van der Waals surface area contributed by atoms with Crippen LogP contribution in [0.4, 0.5) is 38.5 Å². The Morgan fingerprint density at radius 3 is 2.67 bits per heavy atom. The van der Waals surface area contributed by atoms with Crippen molar-refractivity contribution in [2.24, 2.45) is 7.05 Å². The Kier molecular flexibility index (Phi) is 7.71. The maximum atomic E-state index is 16.7. The van der Waals surface area contributed by atoms with Gasteiger partial charge in [0.15, 0.2) is 5.82 Å². The van der Waals surface area contributed by atoms with Gasteiger partial charge in [-0.15, -0.1) is 11.3 Å². The number of methoxy groups -OCH3 is 1. The van der Waals surface area contributed by atoms with E-state index in [1.165, 1.54) is 11.7 Å². The van der Waals surface area contributed by atoms with E-state index in [0.717, 1.165) is 18.2 Å². The maximum absolute atomic E-state index is 16.7. The Balaban J connectivity index is 1.58. The molecule has 1 fully saturated rings. The number of hydrogen-bond donors (Lipinski definition) is 1. The monoisotopic (exact) mass is 655 g/mol. The molecule has 0 amide bonds. The number of ether oxygens (including phenoxy) is 1. The number of nitrogen functional groups attached to an aromatic ring is 1. The smallest absolute Gasteiger partial charge is 0.417 e. The Bertz CT molecular complexity index is 2120. The highest BCUT2D eigenvalue weighted by molar-refractivity contribution is 7.23. The van der Waals surface area contributed by atoms with E-state index in [0.29, 0.717) is 36.5 Å². The summed E-state index contributed by atoms with van der Waals surface area (Å²) >= 11 is 0.691. The molecule has 238 valence electrons. The van der Waals surface area contributed by atoms with Gasteiger partial charge in [-0.1, -0.05) is 6.07 Å². The summed E-state index contributed by atoms with van der Waals surface area (Å²) in [7, 11) is 2.90. The van der Waals surface area contributed by atoms with Gasteiger partial charge in [-0.2, -0.15) is 28.4 Å². The fraction of sp³-hybridized carbons (Fsp3) is 0.290. The van der Waals surface area contributed by atoms with Gasteiger partial charge in [-0.3, -0.25) is 4.79 Å². The van der Waals surface area contributed by atoms with E-state index in [1.54, 1.807) is 37.2 Å². The van der Waals surface area contributed by atoms with Crippen molar-refractivity contribution in [1.29, 1.82) is 5.26 Å². The standard InChI is InChI=1S/C31H26F5N7O2S/c1-4-43(15-9-11-42(14-15)21-6-5-10-41(2)29(21)44)28-17-12-19(31(34,35)36)23(24(33)25(17)39-30(40-28)45-3)16-7-8-20(32)26-22(16)18(13-37)27(38)46-26/h5-8,10,12,15H,4,9,11,14,38H2,1-3H3. The highest BCUT2D eigenvalue weighted by Gasteiger charge is 2.39. The predicted molar refractivity (Wildman–Crippen MR) is 166 cm³/mol. The van der Waals surface area contributed by atoms with Crippen molar-refractivity contribution in [3.63, 3.8) is 0 Å². The number of nitrogens with two attached hydrogens (primary N) is 1. The fourth-order valence-electron chi connectivity index (χ4n) is 6.12. The first-order chi connectivity index (χ1) is 21.9. The zero-order chi connectivity index (χ0) is 33.1. The van der Waals surface area contributed by atoms with Gasteiger partial charge < -0.3 is 24.8 Å². The van der Waals surface area contributed by atoms with Crippen molar-refractivity contribution in [3.8, 4) is 23.2 Å². The number of anilines is 3. The van der Waals surface area contributed by atoms with Crippen molar-refractivity contribution in [1.82, 2.24) is 14.5 Å². The molecule has 9 nitrogen and oxygen atoms in total. The van der Waals surface area contributed by atoms with Crippen molar-refractivity contribution < 1.29 is 26.7 Å². The van der Waals surface area contributed by atoms with Crippen molar-refractivity contribution >= 4 is 48.8 Å². The second kappa shape index (κ2) is 11.4. The van der Waals surface area contributed by atoms with Gasteiger partial charge in [0.1, 0.15) is 33.9 Å². The second-order valence-corrected chi connectivity index (χ2v) is 11.8. The van der Waals surface area contributed by atoms with Gasteiger partial charge >= 0.3 is 12.2 Å². The van der Waals surface area contributed by atoms with E-state index < -0.39 is 34.5 Å². The number of hydrogen-bond acceptors (Lipinski definition) is 9. The highest BCUT2D eigenvalue weighted by Crippen LogP contribution is 2.48. The molecule has 0 spiro atoms. The number of nitriles is 1. The van der Waals surface area contributed by atoms with Crippen LogP contribution in [-0.4, -0.2) is 47.3 Å². The molecular formula is C31H26F5N7O2S. The zero-order valence-corrected chi connectivity index (χ0v) is 25.6. The van der Waals surface area contributed by atoms with Crippen LogP contribution in [0.2, 0.25) is 0 Å². The number of pyridine rings is 1. The maximum Gasteiger partial charge on any atom is 0.417 e. The first-order valence-electron chi connectivity index (χ1n) is 14.1. The third kappa shape index (κ3) is 4.93. The Morgan fingerprint density at radius 1 is 1.24 bits per heavy atom. The van der Waals surface area contributed by atoms with Crippen molar-refractivity contribution in [2.75, 3.05) is 42.3 Å². The number of benzene rings is 2. The minimum absolute atomic E-state index is 0.0230. The molecular weight excluding hydrogens is 629 g/mol. The van der Waals surface area contributed by atoms with Crippen LogP contribution < -0.4 is 25.8 Å². The quantitative estimate of drug-likeness (QED) is 0.219. The van der Waals surface area contributed by atoms with Gasteiger partial charge in [-0.25, -0.2) is 8.78 Å². The molecule has 1 aliphatic rings. The average molecular weight is 656 g/mol. The molecule has 1 saturated heterocycles. The molecule has 46 heavy (non-hydrogen) atoms. The van der Waals surface area contributed by atoms with Gasteiger partial charge in [0, 0.05) is 55.3 Å². The third-order valence-electron chi connectivity index (χ3n) is 8.24. The molecule has 0 saturated carbocycles. The number of fused-ring (bicyclic) bond motifs is 2. The van der Waals surface area contributed by atoms with Crippen LogP contribution in [-0.2, 0) is 13.2 Å². The number of alkyl halides is 3. The number of thiophene rings is 1. The zero-order valence-electron chi connectivity index (χ0n) is 24.7. The first-order valence-corrected chi connectivity index (χ1v) is 14.9. The number of likely N-dealkylation sites (N-methyl/N-ethyl adjacent to an activating group) is 1. The van der Waals surface area contributed by atoms with Gasteiger partial charge in [0.05, 0.1) is 22.9 Å². The number of rotatable bonds is 6. The summed E-state index contributed by atoms with van der Waals surface area (Å²) in [5.74, 6) is -2.13. The minimum atomic E-state index is -5.08. The summed E-state index contributed by atoms with van der Waals surface area (Å²) < 4.78 is 82.5. The lowest BCUT2D eigenvalue weighted by molar-refractivity contribution is -0.137. The summed E-state index contributed by atoms with van der Waals surface area (Å²) in [6, 6.07) is 7.38. The highest BCUT2D eigenvalue weighted by atomic mass is 32.1. The molecule has 3 aromatic heterocycles. The first kappa shape index (κ1) is 31.0. The largest absolute Gasteiger partial charge is 0.467 e. The SMILES string of the molecule is CCN(c1nc(OC)nc2c(F)c(-c3ccc(F)c4sc(N)c(C#N)c34)c(C(F)(F)F)cc12)C1CCN(c2cccn(C)c2=O)C1. The molecule has 1 aliphatic heterocycles. The van der Waals surface area contributed by atoms with E-state index in [-0.39, 0.29) is 61.6 Å². The molecule has 4 heterocycles. The lowest BCUT2D eigenvalue weighted by Crippen LogP contribution is -2.39. The molecule has 15 heteroatoms. The van der Waals surface area contributed by atoms with Crippen LogP contribution in [0.25, 0.3) is 32.1 Å². The fourth-order valence-corrected chi connectivity index (χ4v) is 7.07. The van der Waals surface area contributed by atoms with Gasteiger partial charge in [0.25, 0.3) is 5.56 Å². The van der Waals surface area contributed by atoms with E-state index in [4.69, 9.17) is 10.5 Å². The van der Waals surface area contributed by atoms with Crippen LogP contribution in [0.3, 0.4) is 0 Å². The van der Waals surface area contributed by atoms with Crippen molar-refractivity contribution in [3.05, 3.63) is 69.6 Å². The van der Waals surface area contributed by atoms with Crippen LogP contribution in [0.1, 0.15) is 24.5 Å². The topological polar surface area (TPSA) is 113 Å². The summed E-state index contributed by atoms with van der Waals surface area (Å²) in [6.07, 6.45) is -2.90. The molecule has 1 atom stereocenters. The van der Waals surface area contributed by atoms with Crippen LogP contribution >= 0.6 is 11.3 Å². The summed E-state index contributed by atoms with van der Waals surface area (Å²) in [5.41, 5.74) is 2.90. The number of halogens is 5. The predicted octanol–water partition coefficient (Wildman–Crippen LogP) is 6.07. The lowest BCUT2D eigenvalue weighted by atomic mass is 9.92. The lowest BCUT2D eigenvalue weighted by Gasteiger charge is -2.30.